The largest absolute Gasteiger partial charge is 0.465 e. The van der Waals surface area contributed by atoms with Crippen molar-refractivity contribution in [1.29, 1.82) is 0 Å². The van der Waals surface area contributed by atoms with Crippen LogP contribution in [0.3, 0.4) is 0 Å². The molecule has 110 valence electrons. The highest BCUT2D eigenvalue weighted by Gasteiger charge is 2.20. The molecular weight excluding hydrogens is 320 g/mol. The van der Waals surface area contributed by atoms with Crippen molar-refractivity contribution in [3.8, 4) is 0 Å². The molecule has 1 aromatic rings. The Kier molecular flexibility index (Phi) is 5.05. The fourth-order valence-electron chi connectivity index (χ4n) is 2.65. The van der Waals surface area contributed by atoms with Crippen LogP contribution in [0, 0.1) is 6.92 Å². The van der Waals surface area contributed by atoms with Gasteiger partial charge in [-0.1, -0.05) is 22.4 Å². The third-order valence-electron chi connectivity index (χ3n) is 3.86. The van der Waals surface area contributed by atoms with Crippen LogP contribution in [0.1, 0.15) is 35.2 Å². The Bertz CT molecular complexity index is 499. The predicted octanol–water partition coefficient (Wildman–Crippen LogP) is 3.38. The molecule has 1 aliphatic heterocycles. The van der Waals surface area contributed by atoms with Crippen LogP contribution >= 0.6 is 15.9 Å². The van der Waals surface area contributed by atoms with E-state index in [-0.39, 0.29) is 5.97 Å². The highest BCUT2D eigenvalue weighted by Crippen LogP contribution is 2.29. The molecule has 1 saturated heterocycles. The average Bonchev–Trinajstić information content (AvgIpc) is 2.48. The zero-order chi connectivity index (χ0) is 14.7. The normalized spacial score (nSPS) is 16.0. The first kappa shape index (κ1) is 15.3. The molecule has 0 amide bonds. The van der Waals surface area contributed by atoms with Crippen LogP contribution in [0.25, 0.3) is 0 Å². The van der Waals surface area contributed by atoms with Crippen molar-refractivity contribution in [3.05, 3.63) is 27.7 Å². The molecule has 1 heterocycles. The van der Waals surface area contributed by atoms with Gasteiger partial charge in [-0.3, -0.25) is 0 Å². The van der Waals surface area contributed by atoms with E-state index in [1.54, 1.807) is 0 Å². The van der Waals surface area contributed by atoms with Gasteiger partial charge in [0, 0.05) is 24.6 Å². The average molecular weight is 341 g/mol. The van der Waals surface area contributed by atoms with E-state index in [0.717, 1.165) is 28.8 Å². The molecule has 0 spiro atoms. The van der Waals surface area contributed by atoms with Crippen molar-refractivity contribution >= 4 is 27.6 Å². The summed E-state index contributed by atoms with van der Waals surface area (Å²) in [5.41, 5.74) is 2.61. The minimum atomic E-state index is -0.294. The Balaban J connectivity index is 2.35. The fraction of sp³-hybridized carbons (Fsp3) is 0.533. The van der Waals surface area contributed by atoms with Gasteiger partial charge >= 0.3 is 5.97 Å². The van der Waals surface area contributed by atoms with Crippen LogP contribution in [0.5, 0.6) is 0 Å². The Morgan fingerprint density at radius 3 is 2.55 bits per heavy atom. The Labute approximate surface area is 128 Å². The molecule has 1 aliphatic rings. The van der Waals surface area contributed by atoms with Crippen molar-refractivity contribution < 1.29 is 9.53 Å². The highest BCUT2D eigenvalue weighted by molar-refractivity contribution is 9.10. The number of rotatable bonds is 3. The molecule has 4 nitrogen and oxygen atoms in total. The van der Waals surface area contributed by atoms with E-state index in [4.69, 9.17) is 4.74 Å². The maximum atomic E-state index is 11.9. The summed E-state index contributed by atoms with van der Waals surface area (Å²) < 4.78 is 5.75. The molecule has 2 rings (SSSR count). The molecule has 0 unspecified atom stereocenters. The number of nitrogens with zero attached hydrogens (tertiary/aromatic N) is 2. The molecule has 0 bridgehead atoms. The zero-order valence-electron chi connectivity index (χ0n) is 12.3. The number of ether oxygens (including phenoxy) is 1. The third-order valence-corrected chi connectivity index (χ3v) is 4.31. The summed E-state index contributed by atoms with van der Waals surface area (Å²) in [5.74, 6) is -0.294. The summed E-state index contributed by atoms with van der Waals surface area (Å²) >= 11 is 3.48. The van der Waals surface area contributed by atoms with Crippen LogP contribution in [-0.4, -0.2) is 38.2 Å². The molecular formula is C15H21BrN2O2. The second kappa shape index (κ2) is 6.59. The number of hydrogen-bond acceptors (Lipinski definition) is 4. The summed E-state index contributed by atoms with van der Waals surface area (Å²) in [6.45, 7) is 4.10. The van der Waals surface area contributed by atoms with E-state index in [1.807, 2.05) is 13.0 Å². The van der Waals surface area contributed by atoms with Gasteiger partial charge in [-0.25, -0.2) is 9.80 Å². The number of carbonyl (C=O) groups is 1. The van der Waals surface area contributed by atoms with Gasteiger partial charge in [0.1, 0.15) is 0 Å². The van der Waals surface area contributed by atoms with Crippen LogP contribution < -0.4 is 5.01 Å². The third kappa shape index (κ3) is 3.15. The lowest BCUT2D eigenvalue weighted by molar-refractivity contribution is 0.0600. The zero-order valence-corrected chi connectivity index (χ0v) is 13.9. The molecule has 0 aromatic heterocycles. The summed E-state index contributed by atoms with van der Waals surface area (Å²) in [5, 5.41) is 4.49. The standard InChI is InChI=1S/C15H21BrN2O2/c1-11-13(15(19)20-3)9-12(16)10-14(11)17(2)18-7-5-4-6-8-18/h9-10H,4-8H2,1-3H3. The minimum Gasteiger partial charge on any atom is -0.465 e. The van der Waals surface area contributed by atoms with Crippen molar-refractivity contribution in [2.45, 2.75) is 26.2 Å². The molecule has 5 heteroatoms. The van der Waals surface area contributed by atoms with E-state index in [1.165, 1.54) is 26.4 Å². The minimum absolute atomic E-state index is 0.294. The number of benzene rings is 1. The summed E-state index contributed by atoms with van der Waals surface area (Å²) in [7, 11) is 3.47. The number of methoxy groups -OCH3 is 1. The summed E-state index contributed by atoms with van der Waals surface area (Å²) in [4.78, 5) is 11.9. The second-order valence-electron chi connectivity index (χ2n) is 5.13. The summed E-state index contributed by atoms with van der Waals surface area (Å²) in [6.07, 6.45) is 3.75. The smallest absolute Gasteiger partial charge is 0.338 e. The van der Waals surface area contributed by atoms with Gasteiger partial charge in [0.05, 0.1) is 18.4 Å². The maximum absolute atomic E-state index is 11.9. The lowest BCUT2D eigenvalue weighted by Gasteiger charge is -2.37. The molecule has 0 atom stereocenters. The van der Waals surface area contributed by atoms with Gasteiger partial charge in [-0.15, -0.1) is 0 Å². The van der Waals surface area contributed by atoms with E-state index < -0.39 is 0 Å². The van der Waals surface area contributed by atoms with Gasteiger partial charge in [-0.05, 0) is 37.5 Å². The number of hydrogen-bond donors (Lipinski definition) is 0. The molecule has 0 radical (unpaired) electrons. The lowest BCUT2D eigenvalue weighted by atomic mass is 10.1. The van der Waals surface area contributed by atoms with Gasteiger partial charge in [0.25, 0.3) is 0 Å². The quantitative estimate of drug-likeness (QED) is 0.789. The molecule has 0 N–H and O–H groups in total. The molecule has 0 aliphatic carbocycles. The number of piperidine rings is 1. The molecule has 0 saturated carbocycles. The number of carbonyl (C=O) groups excluding carboxylic acids is 1. The molecule has 20 heavy (non-hydrogen) atoms. The van der Waals surface area contributed by atoms with Gasteiger partial charge in [0.2, 0.25) is 0 Å². The number of hydrazine groups is 1. The monoisotopic (exact) mass is 340 g/mol. The molecule has 1 fully saturated rings. The van der Waals surface area contributed by atoms with E-state index >= 15 is 0 Å². The van der Waals surface area contributed by atoms with Crippen molar-refractivity contribution in [2.75, 3.05) is 32.3 Å². The Hall–Kier alpha value is -1.07. The van der Waals surface area contributed by atoms with E-state index in [2.05, 4.69) is 39.1 Å². The lowest BCUT2D eigenvalue weighted by Crippen LogP contribution is -2.43. The first-order valence-electron chi connectivity index (χ1n) is 6.91. The Morgan fingerprint density at radius 2 is 1.95 bits per heavy atom. The second-order valence-corrected chi connectivity index (χ2v) is 6.04. The van der Waals surface area contributed by atoms with Crippen LogP contribution in [0.2, 0.25) is 0 Å². The predicted molar refractivity (Wildman–Crippen MR) is 84.0 cm³/mol. The van der Waals surface area contributed by atoms with Gasteiger partial charge in [-0.2, -0.15) is 0 Å². The SMILES string of the molecule is COC(=O)c1cc(Br)cc(N(C)N2CCCCC2)c1C. The maximum Gasteiger partial charge on any atom is 0.338 e. The van der Waals surface area contributed by atoms with Crippen LogP contribution in [-0.2, 0) is 4.74 Å². The highest BCUT2D eigenvalue weighted by atomic mass is 79.9. The van der Waals surface area contributed by atoms with Crippen LogP contribution in [0.4, 0.5) is 5.69 Å². The first-order chi connectivity index (χ1) is 9.54. The topological polar surface area (TPSA) is 32.8 Å². The Morgan fingerprint density at radius 1 is 1.30 bits per heavy atom. The summed E-state index contributed by atoms with van der Waals surface area (Å²) in [6, 6.07) is 3.87. The van der Waals surface area contributed by atoms with Gasteiger partial charge < -0.3 is 9.75 Å². The number of anilines is 1. The van der Waals surface area contributed by atoms with E-state index in [9.17, 15) is 4.79 Å². The van der Waals surface area contributed by atoms with Crippen molar-refractivity contribution in [2.24, 2.45) is 0 Å². The van der Waals surface area contributed by atoms with E-state index in [0.29, 0.717) is 5.56 Å². The number of halogens is 1. The van der Waals surface area contributed by atoms with Gasteiger partial charge in [0.15, 0.2) is 0 Å². The molecule has 1 aromatic carbocycles. The van der Waals surface area contributed by atoms with Crippen molar-refractivity contribution in [1.82, 2.24) is 5.01 Å². The first-order valence-corrected chi connectivity index (χ1v) is 7.71. The fourth-order valence-corrected chi connectivity index (χ4v) is 3.10. The van der Waals surface area contributed by atoms with Crippen molar-refractivity contribution in [3.63, 3.8) is 0 Å². The number of esters is 1. The van der Waals surface area contributed by atoms with Crippen LogP contribution in [0.15, 0.2) is 16.6 Å².